The number of nitrogens with one attached hydrogen (secondary N) is 1. The zero-order chi connectivity index (χ0) is 17.4. The Morgan fingerprint density at radius 3 is 2.76 bits per heavy atom. The largest absolute Gasteiger partial charge is 0.353 e. The summed E-state index contributed by atoms with van der Waals surface area (Å²) < 4.78 is 0. The van der Waals surface area contributed by atoms with Gasteiger partial charge in [-0.25, -0.2) is 15.0 Å². The molecule has 25 heavy (non-hydrogen) atoms. The van der Waals surface area contributed by atoms with E-state index in [2.05, 4.69) is 15.3 Å². The van der Waals surface area contributed by atoms with Gasteiger partial charge in [-0.2, -0.15) is 0 Å². The van der Waals surface area contributed by atoms with Crippen molar-refractivity contribution in [3.8, 4) is 0 Å². The Labute approximate surface area is 156 Å². The summed E-state index contributed by atoms with van der Waals surface area (Å²) in [5, 5.41) is 5.47. The number of halogens is 1. The van der Waals surface area contributed by atoms with Crippen molar-refractivity contribution in [2.45, 2.75) is 18.9 Å². The van der Waals surface area contributed by atoms with Crippen LogP contribution in [0.4, 0.5) is 0 Å². The Kier molecular flexibility index (Phi) is 4.19. The van der Waals surface area contributed by atoms with E-state index in [4.69, 9.17) is 28.8 Å². The zero-order valence-corrected chi connectivity index (χ0v) is 15.1. The molecule has 124 valence electrons. The van der Waals surface area contributed by atoms with Crippen molar-refractivity contribution in [3.63, 3.8) is 0 Å². The van der Waals surface area contributed by atoms with E-state index in [-0.39, 0.29) is 12.0 Å². The minimum absolute atomic E-state index is 0.0713. The summed E-state index contributed by atoms with van der Waals surface area (Å²) >= 11 is 11.8. The second kappa shape index (κ2) is 6.50. The van der Waals surface area contributed by atoms with E-state index < -0.39 is 0 Å². The van der Waals surface area contributed by atoms with E-state index in [0.717, 1.165) is 28.0 Å². The molecule has 0 saturated heterocycles. The van der Waals surface area contributed by atoms with Gasteiger partial charge in [0.2, 0.25) is 0 Å². The normalized spacial score (nSPS) is 20.2. The van der Waals surface area contributed by atoms with Crippen LogP contribution in [0.15, 0.2) is 59.7 Å². The molecular formula is C19H15ClN4S. The molecule has 0 radical (unpaired) electrons. The highest BCUT2D eigenvalue weighted by atomic mass is 35.5. The number of benzene rings is 1. The minimum atomic E-state index is -0.118. The molecule has 3 heterocycles. The Morgan fingerprint density at radius 2 is 1.92 bits per heavy atom. The van der Waals surface area contributed by atoms with Crippen LogP contribution in [-0.4, -0.2) is 20.8 Å². The van der Waals surface area contributed by atoms with Crippen LogP contribution in [0.5, 0.6) is 0 Å². The summed E-state index contributed by atoms with van der Waals surface area (Å²) in [5.74, 6) is -0.0713. The van der Waals surface area contributed by atoms with E-state index >= 15 is 0 Å². The summed E-state index contributed by atoms with van der Waals surface area (Å²) in [6.07, 6.45) is 1.75. The van der Waals surface area contributed by atoms with E-state index in [1.54, 1.807) is 6.20 Å². The van der Waals surface area contributed by atoms with Crippen LogP contribution >= 0.6 is 23.8 Å². The molecule has 4 nitrogen and oxygen atoms in total. The van der Waals surface area contributed by atoms with Crippen LogP contribution < -0.4 is 5.32 Å². The molecule has 1 aliphatic rings. The number of fused-ring (bicyclic) bond motifs is 1. The van der Waals surface area contributed by atoms with Gasteiger partial charge in [-0.3, -0.25) is 0 Å². The highest BCUT2D eigenvalue weighted by Gasteiger charge is 2.33. The molecule has 2 aromatic heterocycles. The fourth-order valence-electron chi connectivity index (χ4n) is 3.23. The molecule has 2 atom stereocenters. The lowest BCUT2D eigenvalue weighted by Crippen LogP contribution is -2.39. The van der Waals surface area contributed by atoms with Gasteiger partial charge in [0.1, 0.15) is 0 Å². The highest BCUT2D eigenvalue weighted by molar-refractivity contribution is 7.80. The Hall–Kier alpha value is -2.37. The standard InChI is InChI=1S/C19H15ClN4S/c1-11-16(15-9-8-12-5-4-10-21-18(12)23-15)17(24-19(25)22-11)13-6-2-3-7-14(13)20/h2-10,16-17H,1H3,(H,24,25). The first-order chi connectivity index (χ1) is 12.1. The lowest BCUT2D eigenvalue weighted by Gasteiger charge is -2.32. The van der Waals surface area contributed by atoms with Crippen LogP contribution in [0.1, 0.15) is 30.1 Å². The molecule has 0 spiro atoms. The van der Waals surface area contributed by atoms with Crippen molar-refractivity contribution >= 4 is 45.7 Å². The van der Waals surface area contributed by atoms with Gasteiger partial charge in [0.25, 0.3) is 0 Å². The maximum atomic E-state index is 6.44. The Morgan fingerprint density at radius 1 is 1.08 bits per heavy atom. The molecule has 0 aliphatic carbocycles. The molecule has 0 fully saturated rings. The summed E-state index contributed by atoms with van der Waals surface area (Å²) in [7, 11) is 0. The summed E-state index contributed by atoms with van der Waals surface area (Å²) in [4.78, 5) is 13.6. The molecule has 0 saturated carbocycles. The van der Waals surface area contributed by atoms with Crippen LogP contribution in [0.25, 0.3) is 11.0 Å². The molecule has 3 aromatic rings. The van der Waals surface area contributed by atoms with Crippen molar-refractivity contribution in [1.29, 1.82) is 0 Å². The first-order valence-electron chi connectivity index (χ1n) is 7.95. The number of aliphatic imine (C=N–C) groups is 1. The summed E-state index contributed by atoms with van der Waals surface area (Å²) in [6.45, 7) is 1.98. The van der Waals surface area contributed by atoms with Crippen molar-refractivity contribution in [1.82, 2.24) is 15.3 Å². The number of hydrogen-bond donors (Lipinski definition) is 1. The number of hydrogen-bond acceptors (Lipinski definition) is 3. The third-order valence-corrected chi connectivity index (χ3v) is 4.94. The number of thiocarbonyl (C=S) groups is 1. The second-order valence-corrected chi connectivity index (χ2v) is 6.76. The number of nitrogens with zero attached hydrogens (tertiary/aromatic N) is 3. The van der Waals surface area contributed by atoms with Gasteiger partial charge >= 0.3 is 0 Å². The van der Waals surface area contributed by atoms with Crippen molar-refractivity contribution < 1.29 is 0 Å². The zero-order valence-electron chi connectivity index (χ0n) is 13.5. The second-order valence-electron chi connectivity index (χ2n) is 5.97. The molecule has 4 rings (SSSR count). The van der Waals surface area contributed by atoms with E-state index in [9.17, 15) is 0 Å². The first-order valence-corrected chi connectivity index (χ1v) is 8.74. The van der Waals surface area contributed by atoms with Crippen molar-refractivity contribution in [3.05, 3.63) is 71.0 Å². The third-order valence-electron chi connectivity index (χ3n) is 4.38. The molecule has 1 N–H and O–H groups in total. The Balaban J connectivity index is 1.86. The number of rotatable bonds is 2. The first kappa shape index (κ1) is 16.1. The quantitative estimate of drug-likeness (QED) is 0.680. The lowest BCUT2D eigenvalue weighted by molar-refractivity contribution is 0.584. The number of pyridine rings is 2. The maximum Gasteiger partial charge on any atom is 0.193 e. The predicted molar refractivity (Wildman–Crippen MR) is 105 cm³/mol. The SMILES string of the molecule is CC1=NC(=S)NC(c2ccccc2Cl)C1c1ccc2cccnc2n1. The van der Waals surface area contributed by atoms with Crippen molar-refractivity contribution in [2.24, 2.45) is 4.99 Å². The van der Waals surface area contributed by atoms with Gasteiger partial charge in [0.15, 0.2) is 10.8 Å². The van der Waals surface area contributed by atoms with E-state index in [1.165, 1.54) is 0 Å². The third kappa shape index (κ3) is 3.01. The maximum absolute atomic E-state index is 6.44. The lowest BCUT2D eigenvalue weighted by atomic mass is 9.85. The van der Waals surface area contributed by atoms with Gasteiger partial charge in [0, 0.05) is 22.3 Å². The molecule has 0 amide bonds. The fraction of sp³-hybridized carbons (Fsp3) is 0.158. The molecule has 1 aliphatic heterocycles. The minimum Gasteiger partial charge on any atom is -0.353 e. The number of aromatic nitrogens is 2. The molecular weight excluding hydrogens is 352 g/mol. The van der Waals surface area contributed by atoms with Gasteiger partial charge in [-0.1, -0.05) is 29.8 Å². The average Bonchev–Trinajstić information content (AvgIpc) is 2.61. The highest BCUT2D eigenvalue weighted by Crippen LogP contribution is 2.37. The van der Waals surface area contributed by atoms with Gasteiger partial charge in [-0.05, 0) is 55.0 Å². The molecule has 6 heteroatoms. The average molecular weight is 367 g/mol. The van der Waals surface area contributed by atoms with Crippen LogP contribution in [0.2, 0.25) is 5.02 Å². The summed E-state index contributed by atoms with van der Waals surface area (Å²) in [5.41, 5.74) is 3.51. The van der Waals surface area contributed by atoms with Crippen LogP contribution in [0.3, 0.4) is 0 Å². The van der Waals surface area contributed by atoms with Gasteiger partial charge in [-0.15, -0.1) is 0 Å². The Bertz CT molecular complexity index is 1000. The topological polar surface area (TPSA) is 50.2 Å². The van der Waals surface area contributed by atoms with Crippen LogP contribution in [-0.2, 0) is 0 Å². The molecule has 2 unspecified atom stereocenters. The van der Waals surface area contributed by atoms with Gasteiger partial charge in [0.05, 0.1) is 17.7 Å². The molecule has 0 bridgehead atoms. The van der Waals surface area contributed by atoms with E-state index in [1.807, 2.05) is 55.5 Å². The fourth-order valence-corrected chi connectivity index (χ4v) is 3.75. The van der Waals surface area contributed by atoms with Crippen molar-refractivity contribution in [2.75, 3.05) is 0 Å². The summed E-state index contributed by atoms with van der Waals surface area (Å²) in [6, 6.07) is 15.6. The van der Waals surface area contributed by atoms with Crippen LogP contribution in [0, 0.1) is 0 Å². The predicted octanol–water partition coefficient (Wildman–Crippen LogP) is 4.46. The smallest absolute Gasteiger partial charge is 0.193 e. The monoisotopic (exact) mass is 366 g/mol. The molecule has 1 aromatic carbocycles. The van der Waals surface area contributed by atoms with Gasteiger partial charge < -0.3 is 5.32 Å². The van der Waals surface area contributed by atoms with E-state index in [0.29, 0.717) is 10.1 Å².